The summed E-state index contributed by atoms with van der Waals surface area (Å²) in [7, 11) is -3.73. The molecule has 2 rings (SSSR count). The number of nitrogens with one attached hydrogen (secondary N) is 1. The number of aromatic carboxylic acids is 1. The molecule has 0 radical (unpaired) electrons. The van der Waals surface area contributed by atoms with Crippen LogP contribution < -0.4 is 4.72 Å². The van der Waals surface area contributed by atoms with Gasteiger partial charge in [0, 0.05) is 0 Å². The number of hydrogen-bond acceptors (Lipinski definition) is 5. The van der Waals surface area contributed by atoms with E-state index < -0.39 is 16.0 Å². The third-order valence-electron chi connectivity index (χ3n) is 2.37. The summed E-state index contributed by atoms with van der Waals surface area (Å²) in [6.45, 7) is 1.58. The minimum absolute atomic E-state index is 0.0195. The Balaban J connectivity index is 2.20. The number of sulfonamides is 1. The topological polar surface area (TPSA) is 96.6 Å². The van der Waals surface area contributed by atoms with Crippen LogP contribution in [0.4, 0.5) is 0 Å². The lowest BCUT2D eigenvalue weighted by Crippen LogP contribution is -2.22. The van der Waals surface area contributed by atoms with Crippen molar-refractivity contribution in [1.29, 1.82) is 0 Å². The number of carboxylic acids is 1. The van der Waals surface area contributed by atoms with Gasteiger partial charge in [0.15, 0.2) is 0 Å². The fourth-order valence-corrected chi connectivity index (χ4v) is 3.86. The molecule has 6 nitrogen and oxygen atoms in total. The molecule has 2 heterocycles. The van der Waals surface area contributed by atoms with Gasteiger partial charge in [0.25, 0.3) is 0 Å². The van der Waals surface area contributed by atoms with Gasteiger partial charge in [-0.3, -0.25) is 0 Å². The van der Waals surface area contributed by atoms with E-state index >= 15 is 0 Å². The predicted molar refractivity (Wildman–Crippen MR) is 68.7 cm³/mol. The normalized spacial score (nSPS) is 11.6. The lowest BCUT2D eigenvalue weighted by molar-refractivity contribution is 0.0701. The molecule has 0 aliphatic heterocycles. The Labute approximate surface area is 113 Å². The van der Waals surface area contributed by atoms with Crippen molar-refractivity contribution >= 4 is 27.3 Å². The molecule has 0 aliphatic rings. The number of carbonyl (C=O) groups is 1. The molecule has 0 unspecified atom stereocenters. The Morgan fingerprint density at radius 2 is 2.26 bits per heavy atom. The minimum atomic E-state index is -3.73. The second-order valence-corrected chi connectivity index (χ2v) is 6.83. The molecule has 0 saturated carbocycles. The maximum atomic E-state index is 12.0. The minimum Gasteiger partial charge on any atom is -0.477 e. The van der Waals surface area contributed by atoms with E-state index in [2.05, 4.69) is 4.72 Å². The van der Waals surface area contributed by atoms with Gasteiger partial charge in [-0.05, 0) is 30.7 Å². The van der Waals surface area contributed by atoms with E-state index in [1.165, 1.54) is 12.3 Å². The van der Waals surface area contributed by atoms with Gasteiger partial charge in [-0.15, -0.1) is 11.3 Å². The Morgan fingerprint density at radius 3 is 2.79 bits per heavy atom. The lowest BCUT2D eigenvalue weighted by Gasteiger charge is -2.01. The van der Waals surface area contributed by atoms with Crippen LogP contribution in [0.15, 0.2) is 33.1 Å². The summed E-state index contributed by atoms with van der Waals surface area (Å²) in [6.07, 6.45) is 1.45. The van der Waals surface area contributed by atoms with E-state index in [0.29, 0.717) is 11.3 Å². The molecule has 8 heteroatoms. The van der Waals surface area contributed by atoms with Gasteiger partial charge >= 0.3 is 5.97 Å². The predicted octanol–water partition coefficient (Wildman–Crippen LogP) is 1.83. The monoisotopic (exact) mass is 301 g/mol. The third kappa shape index (κ3) is 3.03. The Hall–Kier alpha value is -1.64. The Bertz CT molecular complexity index is 685. The van der Waals surface area contributed by atoms with E-state index in [-0.39, 0.29) is 15.6 Å². The summed E-state index contributed by atoms with van der Waals surface area (Å²) < 4.78 is 31.3. The van der Waals surface area contributed by atoms with Crippen molar-refractivity contribution < 1.29 is 22.7 Å². The first-order chi connectivity index (χ1) is 8.90. The highest BCUT2D eigenvalue weighted by Crippen LogP contribution is 2.25. The van der Waals surface area contributed by atoms with Crippen LogP contribution in [0.25, 0.3) is 0 Å². The molecule has 0 atom stereocenters. The van der Waals surface area contributed by atoms with Gasteiger partial charge in [-0.25, -0.2) is 17.9 Å². The molecule has 2 aromatic heterocycles. The number of rotatable bonds is 5. The standard InChI is InChI=1S/C11H11NO5S2/c1-7-5-9(18-10(7)11(13)14)19(15,16)12-6-8-3-2-4-17-8/h2-5,12H,6H2,1H3,(H,13,14). The van der Waals surface area contributed by atoms with Crippen LogP contribution in [0.5, 0.6) is 0 Å². The van der Waals surface area contributed by atoms with Crippen molar-refractivity contribution in [3.05, 3.63) is 40.7 Å². The van der Waals surface area contributed by atoms with Gasteiger partial charge in [-0.2, -0.15) is 0 Å². The van der Waals surface area contributed by atoms with E-state index in [1.807, 2.05) is 0 Å². The molecule has 0 aromatic carbocycles. The maximum Gasteiger partial charge on any atom is 0.346 e. The van der Waals surface area contributed by atoms with Crippen LogP contribution in [-0.2, 0) is 16.6 Å². The molecule has 0 bridgehead atoms. The molecular formula is C11H11NO5S2. The second kappa shape index (κ2) is 5.16. The number of carboxylic acid groups (broad SMARTS) is 1. The summed E-state index contributed by atoms with van der Waals surface area (Å²) in [5.41, 5.74) is 0.427. The van der Waals surface area contributed by atoms with Gasteiger partial charge < -0.3 is 9.52 Å². The van der Waals surface area contributed by atoms with Crippen LogP contribution in [0, 0.1) is 6.92 Å². The van der Waals surface area contributed by atoms with Crippen molar-refractivity contribution in [2.24, 2.45) is 0 Å². The van der Waals surface area contributed by atoms with Crippen LogP contribution in [0.3, 0.4) is 0 Å². The average Bonchev–Trinajstić information content (AvgIpc) is 2.95. The maximum absolute atomic E-state index is 12.0. The molecule has 0 saturated heterocycles. The summed E-state index contributed by atoms with van der Waals surface area (Å²) in [4.78, 5) is 10.9. The highest BCUT2D eigenvalue weighted by molar-refractivity contribution is 7.91. The van der Waals surface area contributed by atoms with Gasteiger partial charge in [0.2, 0.25) is 10.0 Å². The zero-order valence-electron chi connectivity index (χ0n) is 9.91. The fraction of sp³-hybridized carbons (Fsp3) is 0.182. The van der Waals surface area contributed by atoms with E-state index in [0.717, 1.165) is 11.3 Å². The summed E-state index contributed by atoms with van der Waals surface area (Å²) in [5, 5.41) is 8.91. The summed E-state index contributed by atoms with van der Waals surface area (Å²) >= 11 is 0.731. The van der Waals surface area contributed by atoms with E-state index in [4.69, 9.17) is 9.52 Å². The number of furan rings is 1. The second-order valence-electron chi connectivity index (χ2n) is 3.79. The molecule has 0 fully saturated rings. The SMILES string of the molecule is Cc1cc(S(=O)(=O)NCc2ccco2)sc1C(=O)O. The Kier molecular flexibility index (Phi) is 3.74. The fourth-order valence-electron chi connectivity index (χ4n) is 1.45. The smallest absolute Gasteiger partial charge is 0.346 e. The molecule has 0 amide bonds. The van der Waals surface area contributed by atoms with Crippen LogP contribution in [-0.4, -0.2) is 19.5 Å². The van der Waals surface area contributed by atoms with Gasteiger partial charge in [0.05, 0.1) is 12.8 Å². The number of aryl methyl sites for hydroxylation is 1. The quantitative estimate of drug-likeness (QED) is 0.878. The number of hydrogen-bond donors (Lipinski definition) is 2. The number of thiophene rings is 1. The summed E-state index contributed by atoms with van der Waals surface area (Å²) in [6, 6.07) is 4.64. The largest absolute Gasteiger partial charge is 0.477 e. The first kappa shape index (κ1) is 13.8. The zero-order valence-corrected chi connectivity index (χ0v) is 11.5. The van der Waals surface area contributed by atoms with Crippen molar-refractivity contribution in [2.45, 2.75) is 17.7 Å². The van der Waals surface area contributed by atoms with E-state index in [9.17, 15) is 13.2 Å². The first-order valence-electron chi connectivity index (χ1n) is 5.26. The van der Waals surface area contributed by atoms with Gasteiger partial charge in [0.1, 0.15) is 14.8 Å². The molecular weight excluding hydrogens is 290 g/mol. The van der Waals surface area contributed by atoms with Crippen molar-refractivity contribution in [1.82, 2.24) is 4.72 Å². The van der Waals surface area contributed by atoms with Crippen LogP contribution >= 0.6 is 11.3 Å². The van der Waals surface area contributed by atoms with Crippen molar-refractivity contribution in [3.63, 3.8) is 0 Å². The third-order valence-corrected chi connectivity index (χ3v) is 5.47. The average molecular weight is 301 g/mol. The summed E-state index contributed by atoms with van der Waals surface area (Å²) in [5.74, 6) is -0.648. The van der Waals surface area contributed by atoms with Crippen LogP contribution in [0.2, 0.25) is 0 Å². The molecule has 2 N–H and O–H groups in total. The van der Waals surface area contributed by atoms with Crippen molar-refractivity contribution in [3.8, 4) is 0 Å². The molecule has 0 aliphatic carbocycles. The first-order valence-corrected chi connectivity index (χ1v) is 7.56. The molecule has 0 spiro atoms. The Morgan fingerprint density at radius 1 is 1.53 bits per heavy atom. The lowest BCUT2D eigenvalue weighted by atomic mass is 10.3. The molecule has 19 heavy (non-hydrogen) atoms. The highest BCUT2D eigenvalue weighted by Gasteiger charge is 2.21. The van der Waals surface area contributed by atoms with Gasteiger partial charge in [-0.1, -0.05) is 0 Å². The van der Waals surface area contributed by atoms with Crippen LogP contribution in [0.1, 0.15) is 21.0 Å². The molecule has 2 aromatic rings. The van der Waals surface area contributed by atoms with Crippen molar-refractivity contribution in [2.75, 3.05) is 0 Å². The zero-order chi connectivity index (χ0) is 14.0. The molecule has 102 valence electrons. The highest BCUT2D eigenvalue weighted by atomic mass is 32.2. The van der Waals surface area contributed by atoms with E-state index in [1.54, 1.807) is 19.1 Å².